The molecule has 6 heteroatoms. The molecule has 0 atom stereocenters. The molecule has 0 radical (unpaired) electrons. The Bertz CT molecular complexity index is 881. The second kappa shape index (κ2) is 9.92. The molecule has 0 fully saturated rings. The number of benzene rings is 1. The number of ketones is 1. The Kier molecular flexibility index (Phi) is 7.31. The highest BCUT2D eigenvalue weighted by Gasteiger charge is 2.38. The molecule has 1 aliphatic heterocycles. The first-order chi connectivity index (χ1) is 14.1. The van der Waals surface area contributed by atoms with Crippen LogP contribution in [0, 0.1) is 0 Å². The zero-order chi connectivity index (χ0) is 20.8. The lowest BCUT2D eigenvalue weighted by molar-refractivity contribution is -0.142. The molecule has 0 N–H and O–H groups in total. The molecule has 0 aromatic heterocycles. The van der Waals surface area contributed by atoms with Gasteiger partial charge in [-0.1, -0.05) is 56.7 Å². The van der Waals surface area contributed by atoms with Crippen LogP contribution in [-0.2, 0) is 30.3 Å². The molecule has 1 aromatic carbocycles. The molecule has 0 amide bonds. The zero-order valence-electron chi connectivity index (χ0n) is 16.9. The molecule has 1 aromatic rings. The molecule has 29 heavy (non-hydrogen) atoms. The van der Waals surface area contributed by atoms with E-state index in [-0.39, 0.29) is 36.6 Å². The normalized spacial score (nSPS) is 15.7. The van der Waals surface area contributed by atoms with Crippen molar-refractivity contribution in [3.63, 3.8) is 0 Å². The van der Waals surface area contributed by atoms with E-state index in [1.165, 1.54) is 11.8 Å². The minimum atomic E-state index is -0.597. The van der Waals surface area contributed by atoms with Crippen molar-refractivity contribution in [2.24, 2.45) is 0 Å². The van der Waals surface area contributed by atoms with Crippen LogP contribution in [0.3, 0.4) is 0 Å². The van der Waals surface area contributed by atoms with Crippen LogP contribution < -0.4 is 0 Å². The predicted octanol–water partition coefficient (Wildman–Crippen LogP) is 4.54. The first-order valence-electron chi connectivity index (χ1n) is 10.2. The van der Waals surface area contributed by atoms with Crippen molar-refractivity contribution in [1.82, 2.24) is 0 Å². The van der Waals surface area contributed by atoms with Gasteiger partial charge in [-0.15, -0.1) is 0 Å². The van der Waals surface area contributed by atoms with Gasteiger partial charge in [0.05, 0.1) is 24.4 Å². The predicted molar refractivity (Wildman–Crippen MR) is 111 cm³/mol. The lowest BCUT2D eigenvalue weighted by Gasteiger charge is -2.27. The quantitative estimate of drug-likeness (QED) is 0.459. The number of fused-ring (bicyclic) bond motifs is 1. The highest BCUT2D eigenvalue weighted by atomic mass is 32.2. The van der Waals surface area contributed by atoms with Crippen molar-refractivity contribution in [1.29, 1.82) is 0 Å². The summed E-state index contributed by atoms with van der Waals surface area (Å²) < 4.78 is 10.8. The standard InChI is InChI=1S/C23H26O5S/c1-3-5-11-27-22(25)17-14-18(24)16-13-15-9-7-8-10-19(15)29-21(16)20(17)23(26)28-12-6-4-2/h7-10H,3-6,11-14H2,1-2H3. The average Bonchev–Trinajstić information content (AvgIpc) is 2.72. The number of ether oxygens (including phenoxy) is 2. The van der Waals surface area contributed by atoms with E-state index in [1.54, 1.807) is 0 Å². The maximum Gasteiger partial charge on any atom is 0.339 e. The summed E-state index contributed by atoms with van der Waals surface area (Å²) in [6, 6.07) is 7.80. The third-order valence-corrected chi connectivity index (χ3v) is 6.21. The van der Waals surface area contributed by atoms with Gasteiger partial charge in [0.1, 0.15) is 0 Å². The summed E-state index contributed by atoms with van der Waals surface area (Å²) in [5.41, 5.74) is 1.97. The summed E-state index contributed by atoms with van der Waals surface area (Å²) >= 11 is 1.36. The monoisotopic (exact) mass is 414 g/mol. The van der Waals surface area contributed by atoms with Gasteiger partial charge in [0.2, 0.25) is 0 Å². The van der Waals surface area contributed by atoms with E-state index in [4.69, 9.17) is 9.47 Å². The molecule has 5 nitrogen and oxygen atoms in total. The molecule has 0 unspecified atom stereocenters. The van der Waals surface area contributed by atoms with Gasteiger partial charge in [0.25, 0.3) is 0 Å². The fraction of sp³-hybridized carbons (Fsp3) is 0.435. The molecule has 2 aliphatic rings. The Hall–Kier alpha value is -2.34. The van der Waals surface area contributed by atoms with Gasteiger partial charge in [-0.2, -0.15) is 0 Å². The van der Waals surface area contributed by atoms with Gasteiger partial charge in [-0.25, -0.2) is 9.59 Å². The van der Waals surface area contributed by atoms with Gasteiger partial charge < -0.3 is 9.47 Å². The van der Waals surface area contributed by atoms with Crippen LogP contribution in [0.1, 0.15) is 51.5 Å². The molecular formula is C23H26O5S. The third kappa shape index (κ3) is 4.81. The van der Waals surface area contributed by atoms with Crippen molar-refractivity contribution in [2.45, 2.75) is 57.3 Å². The maximum absolute atomic E-state index is 12.9. The zero-order valence-corrected chi connectivity index (χ0v) is 17.7. The van der Waals surface area contributed by atoms with Crippen LogP contribution in [0.4, 0.5) is 0 Å². The molecule has 3 rings (SSSR count). The summed E-state index contributed by atoms with van der Waals surface area (Å²) in [5, 5.41) is 0. The number of Topliss-reactive ketones (excluding diaryl/α,β-unsaturated/α-hetero) is 1. The number of thioether (sulfide) groups is 1. The highest BCUT2D eigenvalue weighted by Crippen LogP contribution is 2.46. The van der Waals surface area contributed by atoms with Crippen molar-refractivity contribution in [3.05, 3.63) is 51.5 Å². The summed E-state index contributed by atoms with van der Waals surface area (Å²) in [4.78, 5) is 40.0. The second-order valence-corrected chi connectivity index (χ2v) is 8.18. The molecule has 1 heterocycles. The number of hydrogen-bond acceptors (Lipinski definition) is 6. The highest BCUT2D eigenvalue weighted by molar-refractivity contribution is 8.03. The maximum atomic E-state index is 12.9. The average molecular weight is 415 g/mol. The Morgan fingerprint density at radius 1 is 0.966 bits per heavy atom. The Morgan fingerprint density at radius 3 is 2.31 bits per heavy atom. The van der Waals surface area contributed by atoms with Gasteiger partial charge in [-0.3, -0.25) is 4.79 Å². The van der Waals surface area contributed by atoms with Crippen LogP contribution >= 0.6 is 11.8 Å². The van der Waals surface area contributed by atoms with E-state index in [0.717, 1.165) is 36.1 Å². The fourth-order valence-corrected chi connectivity index (χ4v) is 4.53. The molecule has 0 spiro atoms. The Morgan fingerprint density at radius 2 is 1.62 bits per heavy atom. The van der Waals surface area contributed by atoms with E-state index in [1.807, 2.05) is 38.1 Å². The van der Waals surface area contributed by atoms with Gasteiger partial charge >= 0.3 is 11.9 Å². The second-order valence-electron chi connectivity index (χ2n) is 7.13. The van der Waals surface area contributed by atoms with E-state index < -0.39 is 11.9 Å². The Labute approximate surface area is 175 Å². The molecule has 0 saturated heterocycles. The summed E-state index contributed by atoms with van der Waals surface area (Å²) in [6.45, 7) is 4.57. The first kappa shape index (κ1) is 21.4. The lowest BCUT2D eigenvalue weighted by Crippen LogP contribution is -2.27. The first-order valence-corrected chi connectivity index (χ1v) is 11.0. The van der Waals surface area contributed by atoms with Crippen molar-refractivity contribution in [3.8, 4) is 0 Å². The number of carbonyl (C=O) groups excluding carboxylic acids is 3. The minimum Gasteiger partial charge on any atom is -0.462 e. The summed E-state index contributed by atoms with van der Waals surface area (Å²) in [6.07, 6.45) is 3.60. The SMILES string of the molecule is CCCCOC(=O)C1=C(C(=O)OCCCC)C2=C(Cc3ccccc3S2)C(=O)C1. The van der Waals surface area contributed by atoms with Gasteiger partial charge in [-0.05, 0) is 24.5 Å². The fourth-order valence-electron chi connectivity index (χ4n) is 3.28. The number of unbranched alkanes of at least 4 members (excludes halogenated alkanes) is 2. The molecule has 0 bridgehead atoms. The van der Waals surface area contributed by atoms with Crippen LogP contribution in [0.2, 0.25) is 0 Å². The van der Waals surface area contributed by atoms with Crippen molar-refractivity contribution < 1.29 is 23.9 Å². The molecule has 154 valence electrons. The topological polar surface area (TPSA) is 69.7 Å². The van der Waals surface area contributed by atoms with Crippen LogP contribution in [0.5, 0.6) is 0 Å². The smallest absolute Gasteiger partial charge is 0.339 e. The number of hydrogen-bond donors (Lipinski definition) is 0. The van der Waals surface area contributed by atoms with Crippen LogP contribution in [0.25, 0.3) is 0 Å². The summed E-state index contributed by atoms with van der Waals surface area (Å²) in [7, 11) is 0. The largest absolute Gasteiger partial charge is 0.462 e. The van der Waals surface area contributed by atoms with Crippen LogP contribution in [0.15, 0.2) is 50.8 Å². The van der Waals surface area contributed by atoms with E-state index in [9.17, 15) is 14.4 Å². The molecule has 1 aliphatic carbocycles. The number of esters is 2. The van der Waals surface area contributed by atoms with Gasteiger partial charge in [0, 0.05) is 28.2 Å². The van der Waals surface area contributed by atoms with E-state index in [0.29, 0.717) is 16.9 Å². The summed E-state index contributed by atoms with van der Waals surface area (Å²) in [5.74, 6) is -1.28. The van der Waals surface area contributed by atoms with Crippen molar-refractivity contribution >= 4 is 29.5 Å². The number of allylic oxidation sites excluding steroid dienone is 1. The third-order valence-electron chi connectivity index (χ3n) is 4.94. The molecular weight excluding hydrogens is 388 g/mol. The molecule has 0 saturated carbocycles. The number of rotatable bonds is 8. The van der Waals surface area contributed by atoms with Gasteiger partial charge in [0.15, 0.2) is 5.78 Å². The Balaban J connectivity index is 1.98. The van der Waals surface area contributed by atoms with E-state index >= 15 is 0 Å². The lowest BCUT2D eigenvalue weighted by atomic mass is 9.87. The number of carbonyl (C=O) groups is 3. The minimum absolute atomic E-state index is 0.120. The van der Waals surface area contributed by atoms with Crippen molar-refractivity contribution in [2.75, 3.05) is 13.2 Å². The van der Waals surface area contributed by atoms with E-state index in [2.05, 4.69) is 0 Å². The van der Waals surface area contributed by atoms with Crippen LogP contribution in [-0.4, -0.2) is 30.9 Å².